The Morgan fingerprint density at radius 1 is 1.35 bits per heavy atom. The Kier molecular flexibility index (Phi) is 4.57. The molecule has 1 aromatic carbocycles. The first-order chi connectivity index (χ1) is 11.1. The van der Waals surface area contributed by atoms with Crippen LogP contribution in [0.4, 0.5) is 0 Å². The first kappa shape index (κ1) is 15.9. The Morgan fingerprint density at radius 2 is 2.17 bits per heavy atom. The van der Waals surface area contributed by atoms with Crippen molar-refractivity contribution in [3.05, 3.63) is 52.2 Å². The van der Waals surface area contributed by atoms with Crippen LogP contribution in [0, 0.1) is 0 Å². The number of rotatable bonds is 3. The molecule has 2 N–H and O–H groups in total. The van der Waals surface area contributed by atoms with Crippen LogP contribution in [-0.2, 0) is 6.54 Å². The van der Waals surface area contributed by atoms with E-state index < -0.39 is 0 Å². The summed E-state index contributed by atoms with van der Waals surface area (Å²) in [6, 6.07) is 10.5. The number of para-hydroxylation sites is 1. The van der Waals surface area contributed by atoms with Gasteiger partial charge in [0, 0.05) is 25.6 Å². The van der Waals surface area contributed by atoms with Crippen molar-refractivity contribution in [1.82, 2.24) is 10.6 Å². The minimum Gasteiger partial charge on any atom is -0.487 e. The van der Waals surface area contributed by atoms with Gasteiger partial charge >= 0.3 is 0 Å². The topological polar surface area (TPSA) is 45.7 Å². The number of nitrogens with zero attached hydrogens (tertiary/aromatic N) is 1. The SMILES string of the molecule is CN=C(NCc1ccsc1)NC1CC(C)(C)Oc2ccccc21. The van der Waals surface area contributed by atoms with E-state index in [1.54, 1.807) is 18.4 Å². The zero-order valence-corrected chi connectivity index (χ0v) is 14.6. The predicted octanol–water partition coefficient (Wildman–Crippen LogP) is 3.72. The third kappa shape index (κ3) is 3.85. The van der Waals surface area contributed by atoms with Crippen LogP contribution in [0.5, 0.6) is 5.75 Å². The molecule has 1 aliphatic rings. The monoisotopic (exact) mass is 329 g/mol. The van der Waals surface area contributed by atoms with Gasteiger partial charge < -0.3 is 15.4 Å². The molecule has 5 heteroatoms. The van der Waals surface area contributed by atoms with E-state index in [2.05, 4.69) is 58.4 Å². The first-order valence-electron chi connectivity index (χ1n) is 7.83. The molecule has 3 rings (SSSR count). The number of hydrogen-bond acceptors (Lipinski definition) is 3. The van der Waals surface area contributed by atoms with E-state index in [1.807, 2.05) is 12.1 Å². The van der Waals surface area contributed by atoms with Gasteiger partial charge in [0.15, 0.2) is 5.96 Å². The van der Waals surface area contributed by atoms with Gasteiger partial charge in [-0.25, -0.2) is 0 Å². The van der Waals surface area contributed by atoms with E-state index in [4.69, 9.17) is 4.74 Å². The highest BCUT2D eigenvalue weighted by atomic mass is 32.1. The van der Waals surface area contributed by atoms with Crippen molar-refractivity contribution in [2.45, 2.75) is 38.5 Å². The second kappa shape index (κ2) is 6.62. The summed E-state index contributed by atoms with van der Waals surface area (Å²) in [6.45, 7) is 5.02. The molecule has 0 saturated heterocycles. The molecule has 1 unspecified atom stereocenters. The average Bonchev–Trinajstić information content (AvgIpc) is 3.03. The summed E-state index contributed by atoms with van der Waals surface area (Å²) >= 11 is 1.71. The summed E-state index contributed by atoms with van der Waals surface area (Å²) in [7, 11) is 1.80. The first-order valence-corrected chi connectivity index (χ1v) is 8.78. The number of ether oxygens (including phenoxy) is 1. The van der Waals surface area contributed by atoms with Crippen molar-refractivity contribution in [3.8, 4) is 5.75 Å². The van der Waals surface area contributed by atoms with E-state index in [0.29, 0.717) is 0 Å². The van der Waals surface area contributed by atoms with Crippen LogP contribution >= 0.6 is 11.3 Å². The molecular formula is C18H23N3OS. The third-order valence-corrected chi connectivity index (χ3v) is 4.68. The lowest BCUT2D eigenvalue weighted by molar-refractivity contribution is 0.0694. The highest BCUT2D eigenvalue weighted by Gasteiger charge is 2.33. The number of nitrogens with one attached hydrogen (secondary N) is 2. The summed E-state index contributed by atoms with van der Waals surface area (Å²) in [5, 5.41) is 11.2. The van der Waals surface area contributed by atoms with Gasteiger partial charge in [-0.3, -0.25) is 4.99 Å². The molecule has 0 saturated carbocycles. The lowest BCUT2D eigenvalue weighted by atomic mass is 9.90. The van der Waals surface area contributed by atoms with Gasteiger partial charge in [-0.1, -0.05) is 18.2 Å². The van der Waals surface area contributed by atoms with E-state index in [1.165, 1.54) is 11.1 Å². The maximum Gasteiger partial charge on any atom is 0.191 e. The number of thiophene rings is 1. The van der Waals surface area contributed by atoms with Crippen LogP contribution in [0.15, 0.2) is 46.1 Å². The highest BCUT2D eigenvalue weighted by molar-refractivity contribution is 7.07. The molecule has 4 nitrogen and oxygen atoms in total. The van der Waals surface area contributed by atoms with E-state index in [-0.39, 0.29) is 11.6 Å². The zero-order chi connectivity index (χ0) is 16.3. The van der Waals surface area contributed by atoms with Crippen molar-refractivity contribution >= 4 is 17.3 Å². The third-order valence-electron chi connectivity index (χ3n) is 3.95. The Bertz CT molecular complexity index is 679. The smallest absolute Gasteiger partial charge is 0.191 e. The van der Waals surface area contributed by atoms with Gasteiger partial charge in [0.25, 0.3) is 0 Å². The lowest BCUT2D eigenvalue weighted by Crippen LogP contribution is -2.45. The molecule has 0 fully saturated rings. The standard InChI is InChI=1S/C18H23N3OS/c1-18(2)10-15(14-6-4-5-7-16(14)22-18)21-17(19-3)20-11-13-8-9-23-12-13/h4-9,12,15H,10-11H2,1-3H3,(H2,19,20,21). The van der Waals surface area contributed by atoms with Crippen LogP contribution in [0.25, 0.3) is 0 Å². The molecule has 1 aliphatic heterocycles. The van der Waals surface area contributed by atoms with Crippen LogP contribution in [0.2, 0.25) is 0 Å². The molecule has 0 amide bonds. The largest absolute Gasteiger partial charge is 0.487 e. The maximum atomic E-state index is 6.08. The summed E-state index contributed by atoms with van der Waals surface area (Å²) in [5.41, 5.74) is 2.26. The fourth-order valence-corrected chi connectivity index (χ4v) is 3.54. The quantitative estimate of drug-likeness (QED) is 0.666. The van der Waals surface area contributed by atoms with Gasteiger partial charge in [0.2, 0.25) is 0 Å². The normalized spacial score (nSPS) is 19.6. The van der Waals surface area contributed by atoms with Gasteiger partial charge in [-0.15, -0.1) is 0 Å². The highest BCUT2D eigenvalue weighted by Crippen LogP contribution is 2.39. The molecule has 0 bridgehead atoms. The lowest BCUT2D eigenvalue weighted by Gasteiger charge is -2.38. The number of fused-ring (bicyclic) bond motifs is 1. The number of aliphatic imine (C=N–C) groups is 1. The Balaban J connectivity index is 1.72. The van der Waals surface area contributed by atoms with Crippen molar-refractivity contribution in [2.24, 2.45) is 4.99 Å². The zero-order valence-electron chi connectivity index (χ0n) is 13.8. The summed E-state index contributed by atoms with van der Waals surface area (Å²) in [6.07, 6.45) is 0.892. The van der Waals surface area contributed by atoms with Gasteiger partial charge in [0.05, 0.1) is 6.04 Å². The van der Waals surface area contributed by atoms with E-state index >= 15 is 0 Å². The Morgan fingerprint density at radius 3 is 2.91 bits per heavy atom. The fourth-order valence-electron chi connectivity index (χ4n) is 2.87. The molecule has 2 heterocycles. The Labute approximate surface area is 141 Å². The van der Waals surface area contributed by atoms with Crippen LogP contribution in [0.3, 0.4) is 0 Å². The second-order valence-corrected chi connectivity index (χ2v) is 7.14. The molecule has 1 atom stereocenters. The minimum absolute atomic E-state index is 0.184. The fraction of sp³-hybridized carbons (Fsp3) is 0.389. The molecular weight excluding hydrogens is 306 g/mol. The van der Waals surface area contributed by atoms with Crippen LogP contribution in [-0.4, -0.2) is 18.6 Å². The molecule has 0 spiro atoms. The van der Waals surface area contributed by atoms with E-state index in [0.717, 1.165) is 24.7 Å². The number of hydrogen-bond donors (Lipinski definition) is 2. The van der Waals surface area contributed by atoms with Crippen molar-refractivity contribution < 1.29 is 4.74 Å². The molecule has 1 aromatic heterocycles. The summed E-state index contributed by atoms with van der Waals surface area (Å²) in [4.78, 5) is 4.36. The molecule has 122 valence electrons. The summed E-state index contributed by atoms with van der Waals surface area (Å²) < 4.78 is 6.08. The van der Waals surface area contributed by atoms with Crippen molar-refractivity contribution in [1.29, 1.82) is 0 Å². The van der Waals surface area contributed by atoms with Gasteiger partial charge in [-0.2, -0.15) is 11.3 Å². The van der Waals surface area contributed by atoms with Crippen LogP contribution in [0.1, 0.15) is 37.4 Å². The van der Waals surface area contributed by atoms with Gasteiger partial charge in [-0.05, 0) is 42.3 Å². The number of guanidine groups is 1. The summed E-state index contributed by atoms with van der Waals surface area (Å²) in [5.74, 6) is 1.77. The van der Waals surface area contributed by atoms with Gasteiger partial charge in [0.1, 0.15) is 11.4 Å². The molecule has 0 aliphatic carbocycles. The Hall–Kier alpha value is -2.01. The van der Waals surface area contributed by atoms with Crippen molar-refractivity contribution in [3.63, 3.8) is 0 Å². The average molecular weight is 329 g/mol. The molecule has 2 aromatic rings. The van der Waals surface area contributed by atoms with E-state index in [9.17, 15) is 0 Å². The van der Waals surface area contributed by atoms with Crippen molar-refractivity contribution in [2.75, 3.05) is 7.05 Å². The van der Waals surface area contributed by atoms with Crippen LogP contribution < -0.4 is 15.4 Å². The molecule has 0 radical (unpaired) electrons. The molecule has 23 heavy (non-hydrogen) atoms. The predicted molar refractivity (Wildman–Crippen MR) is 96.2 cm³/mol. The number of benzene rings is 1. The maximum absolute atomic E-state index is 6.08. The second-order valence-electron chi connectivity index (χ2n) is 6.36. The minimum atomic E-state index is -0.196.